The summed E-state index contributed by atoms with van der Waals surface area (Å²) in [6, 6.07) is -0.207. The van der Waals surface area contributed by atoms with Crippen LogP contribution in [0.15, 0.2) is 6.20 Å². The summed E-state index contributed by atoms with van der Waals surface area (Å²) in [6.07, 6.45) is 3.12. The number of pyridine rings is 1. The Morgan fingerprint density at radius 2 is 1.98 bits per heavy atom. The highest BCUT2D eigenvalue weighted by Crippen LogP contribution is 2.44. The van der Waals surface area contributed by atoms with Crippen LogP contribution in [0.3, 0.4) is 0 Å². The number of hydrogen-bond donors (Lipinski definition) is 0. The maximum absolute atomic E-state index is 15.4. The van der Waals surface area contributed by atoms with Crippen LogP contribution in [-0.4, -0.2) is 118 Å². The van der Waals surface area contributed by atoms with Gasteiger partial charge in [0.05, 0.1) is 35.2 Å². The smallest absolute Gasteiger partial charge is 0.411 e. The van der Waals surface area contributed by atoms with Crippen LogP contribution in [-0.2, 0) is 14.2 Å². The zero-order valence-corrected chi connectivity index (χ0v) is 26.1. The lowest BCUT2D eigenvalue weighted by Gasteiger charge is -2.49. The Labute approximate surface area is 260 Å². The lowest BCUT2D eigenvalue weighted by atomic mass is 9.94. The van der Waals surface area contributed by atoms with Gasteiger partial charge in [-0.1, -0.05) is 11.6 Å². The molecule has 7 rings (SSSR count). The van der Waals surface area contributed by atoms with E-state index in [1.165, 1.54) is 6.20 Å². The van der Waals surface area contributed by atoms with E-state index in [0.29, 0.717) is 82.9 Å². The van der Waals surface area contributed by atoms with Gasteiger partial charge in [-0.05, 0) is 46.5 Å². The molecular formula is C30H39ClF2N6O5. The molecule has 2 spiro atoms. The highest BCUT2D eigenvalue weighted by Gasteiger charge is 2.56. The van der Waals surface area contributed by atoms with Crippen molar-refractivity contribution in [2.75, 3.05) is 57.5 Å². The second-order valence-corrected chi connectivity index (χ2v) is 14.3. The molecule has 5 atom stereocenters. The van der Waals surface area contributed by atoms with Crippen LogP contribution in [0.5, 0.6) is 6.01 Å². The van der Waals surface area contributed by atoms with Gasteiger partial charge < -0.3 is 23.8 Å². The number of carbonyl (C=O) groups is 1. The van der Waals surface area contributed by atoms with Gasteiger partial charge in [-0.15, -0.1) is 0 Å². The molecule has 7 heterocycles. The maximum atomic E-state index is 15.4. The molecule has 0 saturated carbocycles. The SMILES string of the molecule is CC(C)(C)OC(=O)N1C2CCC13COCCCO[C@H]1CN4C[C@H](F)C[C@]4(COc4nc(c5cnc(Cl)c(F)c5n4)N(C2)C3)C1. The molecule has 7 bridgehead atoms. The molecule has 14 heteroatoms. The number of anilines is 1. The zero-order chi connectivity index (χ0) is 30.9. The summed E-state index contributed by atoms with van der Waals surface area (Å²) in [5.41, 5.74) is -1.93. The average molecular weight is 637 g/mol. The summed E-state index contributed by atoms with van der Waals surface area (Å²) in [4.78, 5) is 32.8. The molecule has 2 aromatic rings. The summed E-state index contributed by atoms with van der Waals surface area (Å²) >= 11 is 6.09. The van der Waals surface area contributed by atoms with E-state index in [9.17, 15) is 9.18 Å². The molecule has 44 heavy (non-hydrogen) atoms. The number of hydrogen-bond acceptors (Lipinski definition) is 10. The number of nitrogens with zero attached hydrogens (tertiary/aromatic N) is 6. The summed E-state index contributed by atoms with van der Waals surface area (Å²) in [5, 5.41) is 0.0833. The van der Waals surface area contributed by atoms with E-state index in [1.807, 2.05) is 30.6 Å². The molecule has 0 N–H and O–H groups in total. The summed E-state index contributed by atoms with van der Waals surface area (Å²) in [7, 11) is 0. The van der Waals surface area contributed by atoms with Crippen LogP contribution < -0.4 is 9.64 Å². The van der Waals surface area contributed by atoms with Gasteiger partial charge in [0, 0.05) is 52.0 Å². The molecule has 2 aromatic heterocycles. The van der Waals surface area contributed by atoms with E-state index in [1.54, 1.807) is 0 Å². The van der Waals surface area contributed by atoms with Crippen molar-refractivity contribution in [3.8, 4) is 6.01 Å². The predicted octanol–water partition coefficient (Wildman–Crippen LogP) is 4.15. The Morgan fingerprint density at radius 1 is 1.14 bits per heavy atom. The highest BCUT2D eigenvalue weighted by atomic mass is 35.5. The Kier molecular flexibility index (Phi) is 7.53. The largest absolute Gasteiger partial charge is 0.461 e. The van der Waals surface area contributed by atoms with Crippen molar-refractivity contribution in [1.82, 2.24) is 24.8 Å². The first kappa shape index (κ1) is 30.1. The molecule has 240 valence electrons. The van der Waals surface area contributed by atoms with Gasteiger partial charge in [0.2, 0.25) is 0 Å². The lowest BCUT2D eigenvalue weighted by molar-refractivity contribution is -0.0374. The molecule has 2 unspecified atom stereocenters. The molecule has 11 nitrogen and oxygen atoms in total. The fourth-order valence-electron chi connectivity index (χ4n) is 7.83. The Balaban J connectivity index is 1.29. The van der Waals surface area contributed by atoms with Crippen molar-refractivity contribution >= 4 is 34.4 Å². The number of ether oxygens (including phenoxy) is 4. The highest BCUT2D eigenvalue weighted by molar-refractivity contribution is 6.30. The van der Waals surface area contributed by atoms with Gasteiger partial charge in [0.15, 0.2) is 11.0 Å². The van der Waals surface area contributed by atoms with Crippen molar-refractivity contribution in [3.05, 3.63) is 17.2 Å². The molecule has 5 aliphatic heterocycles. The third kappa shape index (κ3) is 5.33. The van der Waals surface area contributed by atoms with Crippen LogP contribution in [0.25, 0.3) is 10.9 Å². The molecule has 5 aliphatic rings. The molecule has 0 aromatic carbocycles. The number of alkyl halides is 1. The fourth-order valence-corrected chi connectivity index (χ4v) is 7.97. The number of piperazine rings is 1. The number of carbonyl (C=O) groups excluding carboxylic acids is 1. The topological polar surface area (TPSA) is 102 Å². The van der Waals surface area contributed by atoms with Crippen molar-refractivity contribution < 1.29 is 32.5 Å². The van der Waals surface area contributed by atoms with Gasteiger partial charge >= 0.3 is 12.1 Å². The van der Waals surface area contributed by atoms with Crippen LogP contribution >= 0.6 is 11.6 Å². The van der Waals surface area contributed by atoms with Crippen molar-refractivity contribution in [3.63, 3.8) is 0 Å². The third-order valence-corrected chi connectivity index (χ3v) is 9.84. The molecule has 0 aliphatic carbocycles. The van der Waals surface area contributed by atoms with Gasteiger partial charge in [0.25, 0.3) is 0 Å². The number of halogens is 3. The summed E-state index contributed by atoms with van der Waals surface area (Å²) in [5.74, 6) is -0.329. The average Bonchev–Trinajstić information content (AvgIpc) is 3.52. The van der Waals surface area contributed by atoms with E-state index < -0.39 is 28.7 Å². The Bertz CT molecular complexity index is 1450. The standard InChI is InChI=1S/C30H39ClF2N6O5/c1-28(2,3)44-27(40)39-19-5-6-29(39)15-37(13-19)25-21-11-34-24(31)22(33)23(21)35-26(36-25)43-17-30-9-18(32)12-38(30)14-20(10-30)42-8-4-7-41-16-29/h11,18-20H,4-10,12-17H2,1-3H3/t18-,19?,20-,29?,30-/m1/s1. The maximum Gasteiger partial charge on any atom is 0.411 e. The van der Waals surface area contributed by atoms with E-state index in [0.717, 1.165) is 6.42 Å². The minimum atomic E-state index is -0.967. The van der Waals surface area contributed by atoms with Gasteiger partial charge in [0.1, 0.15) is 29.7 Å². The third-order valence-electron chi connectivity index (χ3n) is 9.58. The van der Waals surface area contributed by atoms with E-state index in [-0.39, 0.29) is 41.5 Å². The molecule has 1 amide bonds. The van der Waals surface area contributed by atoms with E-state index in [2.05, 4.69) is 14.9 Å². The van der Waals surface area contributed by atoms with Gasteiger partial charge in [-0.25, -0.2) is 18.6 Å². The van der Waals surface area contributed by atoms with Crippen molar-refractivity contribution in [2.45, 2.75) is 87.9 Å². The van der Waals surface area contributed by atoms with Crippen LogP contribution in [0.4, 0.5) is 19.4 Å². The first-order chi connectivity index (χ1) is 21.0. The quantitative estimate of drug-likeness (QED) is 0.392. The number of fused-ring (bicyclic) bond motifs is 8. The first-order valence-electron chi connectivity index (χ1n) is 15.5. The number of aromatic nitrogens is 3. The molecular weight excluding hydrogens is 598 g/mol. The predicted molar refractivity (Wildman–Crippen MR) is 157 cm³/mol. The monoisotopic (exact) mass is 636 g/mol. The summed E-state index contributed by atoms with van der Waals surface area (Å²) < 4.78 is 54.7. The Hall–Kier alpha value is -2.61. The number of amides is 1. The van der Waals surface area contributed by atoms with Gasteiger partial charge in [-0.3, -0.25) is 9.80 Å². The van der Waals surface area contributed by atoms with Crippen LogP contribution in [0.1, 0.15) is 52.9 Å². The normalized spacial score (nSPS) is 32.8. The molecule has 4 fully saturated rings. The van der Waals surface area contributed by atoms with Crippen molar-refractivity contribution in [1.29, 1.82) is 0 Å². The molecule has 0 radical (unpaired) electrons. The van der Waals surface area contributed by atoms with Gasteiger partial charge in [-0.2, -0.15) is 9.97 Å². The zero-order valence-electron chi connectivity index (χ0n) is 25.4. The van der Waals surface area contributed by atoms with E-state index >= 15 is 4.39 Å². The second-order valence-electron chi connectivity index (χ2n) is 13.9. The second kappa shape index (κ2) is 11.0. The fraction of sp³-hybridized carbons (Fsp3) is 0.733. The first-order valence-corrected chi connectivity index (χ1v) is 15.8. The van der Waals surface area contributed by atoms with Crippen LogP contribution in [0.2, 0.25) is 5.15 Å². The lowest BCUT2D eigenvalue weighted by Crippen LogP contribution is -2.66. The van der Waals surface area contributed by atoms with Crippen molar-refractivity contribution in [2.24, 2.45) is 0 Å². The number of rotatable bonds is 0. The summed E-state index contributed by atoms with van der Waals surface area (Å²) in [6.45, 7) is 8.69. The Morgan fingerprint density at radius 3 is 2.80 bits per heavy atom. The van der Waals surface area contributed by atoms with Crippen LogP contribution in [0, 0.1) is 5.82 Å². The minimum Gasteiger partial charge on any atom is -0.461 e. The molecule has 4 saturated heterocycles. The van der Waals surface area contributed by atoms with E-state index in [4.69, 9.17) is 35.5 Å². The minimum absolute atomic E-state index is 0.00749.